The lowest BCUT2D eigenvalue weighted by molar-refractivity contribution is -0.152. The van der Waals surface area contributed by atoms with Crippen LogP contribution in [0.3, 0.4) is 0 Å². The fourth-order valence-corrected chi connectivity index (χ4v) is 6.15. The Morgan fingerprint density at radius 1 is 1.03 bits per heavy atom. The number of amides is 1. The minimum atomic E-state index is -1.43. The van der Waals surface area contributed by atoms with Crippen molar-refractivity contribution in [2.24, 2.45) is 24.8 Å². The third-order valence-corrected chi connectivity index (χ3v) is 8.45. The van der Waals surface area contributed by atoms with Crippen molar-refractivity contribution < 1.29 is 18.7 Å². The van der Waals surface area contributed by atoms with E-state index in [0.29, 0.717) is 29.5 Å². The third-order valence-electron chi connectivity index (χ3n) is 8.22. The summed E-state index contributed by atoms with van der Waals surface area (Å²) in [5, 5.41) is 16.5. The first kappa shape index (κ1) is 27.2. The number of pyridine rings is 1. The molecule has 4 heterocycles. The minimum absolute atomic E-state index is 0.0879. The van der Waals surface area contributed by atoms with Crippen LogP contribution in [0, 0.1) is 29.4 Å². The lowest BCUT2D eigenvalue weighted by Crippen LogP contribution is -2.57. The average molecular weight is 558 g/mol. The fraction of sp³-hybridized carbons (Fsp3) is 0.429. The van der Waals surface area contributed by atoms with Gasteiger partial charge in [-0.05, 0) is 35.9 Å². The predicted octanol–water partition coefficient (Wildman–Crippen LogP) is 3.33. The molecular weight excluding hydrogens is 528 g/mol. The molecule has 2 aromatic heterocycles. The highest BCUT2D eigenvalue weighted by Crippen LogP contribution is 2.43. The lowest BCUT2D eigenvalue weighted by Gasteiger charge is -2.48. The van der Waals surface area contributed by atoms with Crippen molar-refractivity contribution in [2.75, 3.05) is 31.1 Å². The van der Waals surface area contributed by atoms with Crippen molar-refractivity contribution in [3.8, 4) is 0 Å². The number of hydrogen-bond acceptors (Lipinski definition) is 6. The summed E-state index contributed by atoms with van der Waals surface area (Å²) < 4.78 is 28.9. The summed E-state index contributed by atoms with van der Waals surface area (Å²) in [4.78, 5) is 34.1. The van der Waals surface area contributed by atoms with Crippen molar-refractivity contribution in [3.63, 3.8) is 0 Å². The molecular formula is C28H30ClF2N5O3. The third kappa shape index (κ3) is 4.91. The van der Waals surface area contributed by atoms with Gasteiger partial charge in [-0.1, -0.05) is 31.5 Å². The van der Waals surface area contributed by atoms with Gasteiger partial charge in [-0.15, -0.1) is 0 Å². The second-order valence-electron chi connectivity index (χ2n) is 10.7. The van der Waals surface area contributed by atoms with Gasteiger partial charge >= 0.3 is 0 Å². The number of benzene rings is 1. The SMILES string of the molecule is CC1CN(C(=O)C2CN(c3ccc(=O)n(C)n3)CC2c2ccc(Cl)cn2)CC(C)C1(O)c1ccc(F)c(F)c1. The summed E-state index contributed by atoms with van der Waals surface area (Å²) in [6.07, 6.45) is 1.55. The van der Waals surface area contributed by atoms with Crippen LogP contribution in [0.5, 0.6) is 0 Å². The number of piperidine rings is 1. The van der Waals surface area contributed by atoms with Crippen molar-refractivity contribution >= 4 is 23.3 Å². The van der Waals surface area contributed by atoms with Gasteiger partial charge in [0.2, 0.25) is 5.91 Å². The van der Waals surface area contributed by atoms with E-state index < -0.39 is 35.0 Å². The highest BCUT2D eigenvalue weighted by Gasteiger charge is 2.49. The Balaban J connectivity index is 1.42. The monoisotopic (exact) mass is 557 g/mol. The van der Waals surface area contributed by atoms with E-state index in [9.17, 15) is 23.5 Å². The Labute approximate surface area is 229 Å². The maximum Gasteiger partial charge on any atom is 0.266 e. The molecule has 0 radical (unpaired) electrons. The summed E-state index contributed by atoms with van der Waals surface area (Å²) in [5.41, 5.74) is -0.638. The molecule has 1 aromatic carbocycles. The van der Waals surface area contributed by atoms with E-state index in [1.807, 2.05) is 24.8 Å². The zero-order valence-electron chi connectivity index (χ0n) is 21.9. The molecule has 0 aliphatic carbocycles. The lowest BCUT2D eigenvalue weighted by atomic mass is 9.70. The molecule has 4 atom stereocenters. The number of carbonyl (C=O) groups is 1. The molecule has 0 spiro atoms. The van der Waals surface area contributed by atoms with Crippen LogP contribution in [-0.2, 0) is 17.4 Å². The molecule has 11 heteroatoms. The first-order valence-corrected chi connectivity index (χ1v) is 13.2. The Bertz CT molecular complexity index is 1440. The highest BCUT2D eigenvalue weighted by atomic mass is 35.5. The standard InChI is InChI=1S/C28H30ClF2N5O3/c1-16-12-36(13-17(2)28(16,39)18-4-6-22(30)23(31)10-18)27(38)21-15-35(25-8-9-26(37)34(3)33-25)14-20(21)24-7-5-19(29)11-32-24/h4-11,16-17,20-21,39H,12-15H2,1-3H3. The molecule has 2 aliphatic heterocycles. The smallest absolute Gasteiger partial charge is 0.266 e. The number of rotatable bonds is 4. The van der Waals surface area contributed by atoms with Crippen LogP contribution in [-0.4, -0.2) is 56.9 Å². The molecule has 0 saturated carbocycles. The van der Waals surface area contributed by atoms with Crippen molar-refractivity contribution in [2.45, 2.75) is 25.4 Å². The topological polar surface area (TPSA) is 91.6 Å². The van der Waals surface area contributed by atoms with Gasteiger partial charge in [0.25, 0.3) is 5.56 Å². The van der Waals surface area contributed by atoms with Crippen LogP contribution >= 0.6 is 11.6 Å². The van der Waals surface area contributed by atoms with Crippen LogP contribution in [0.1, 0.15) is 31.0 Å². The molecule has 0 bridgehead atoms. The van der Waals surface area contributed by atoms with Gasteiger partial charge in [-0.3, -0.25) is 14.6 Å². The molecule has 206 valence electrons. The maximum absolute atomic E-state index is 14.1. The van der Waals surface area contributed by atoms with Crippen molar-refractivity contribution in [1.82, 2.24) is 19.7 Å². The number of aryl methyl sites for hydroxylation is 1. The van der Waals surface area contributed by atoms with E-state index in [1.54, 1.807) is 30.3 Å². The zero-order chi connectivity index (χ0) is 28.1. The Morgan fingerprint density at radius 2 is 1.74 bits per heavy atom. The van der Waals surface area contributed by atoms with Gasteiger partial charge in [0.1, 0.15) is 5.82 Å². The summed E-state index contributed by atoms with van der Waals surface area (Å²) in [7, 11) is 1.58. The number of nitrogens with zero attached hydrogens (tertiary/aromatic N) is 5. The van der Waals surface area contributed by atoms with Gasteiger partial charge in [-0.2, -0.15) is 5.10 Å². The van der Waals surface area contributed by atoms with Crippen molar-refractivity contribution in [1.29, 1.82) is 0 Å². The second kappa shape index (κ2) is 10.3. The van der Waals surface area contributed by atoms with Crippen molar-refractivity contribution in [3.05, 3.63) is 86.9 Å². The summed E-state index contributed by atoms with van der Waals surface area (Å²) in [6.45, 7) is 4.94. The highest BCUT2D eigenvalue weighted by molar-refractivity contribution is 6.30. The summed E-state index contributed by atoms with van der Waals surface area (Å²) >= 11 is 6.07. The van der Waals surface area contributed by atoms with Gasteiger partial charge in [0.05, 0.1) is 16.5 Å². The second-order valence-corrected chi connectivity index (χ2v) is 11.1. The molecule has 5 rings (SSSR count). The van der Waals surface area contributed by atoms with E-state index in [2.05, 4.69) is 10.1 Å². The predicted molar refractivity (Wildman–Crippen MR) is 142 cm³/mol. The van der Waals surface area contributed by atoms with E-state index in [4.69, 9.17) is 11.6 Å². The van der Waals surface area contributed by atoms with Gasteiger partial charge in [-0.25, -0.2) is 13.5 Å². The minimum Gasteiger partial charge on any atom is -0.384 e. The van der Waals surface area contributed by atoms with Gasteiger partial charge in [0.15, 0.2) is 11.6 Å². The van der Waals surface area contributed by atoms with Crippen LogP contribution in [0.15, 0.2) is 53.5 Å². The van der Waals surface area contributed by atoms with Gasteiger partial charge < -0.3 is 14.9 Å². The van der Waals surface area contributed by atoms with Crippen LogP contribution in [0.2, 0.25) is 5.02 Å². The number of aliphatic hydroxyl groups is 1. The van der Waals surface area contributed by atoms with E-state index in [1.165, 1.54) is 16.8 Å². The summed E-state index contributed by atoms with van der Waals surface area (Å²) in [5.74, 6) is -3.10. The number of halogens is 3. The van der Waals surface area contributed by atoms with E-state index >= 15 is 0 Å². The zero-order valence-corrected chi connectivity index (χ0v) is 22.6. The van der Waals surface area contributed by atoms with E-state index in [-0.39, 0.29) is 30.5 Å². The number of anilines is 1. The molecule has 3 aromatic rings. The number of likely N-dealkylation sites (tertiary alicyclic amines) is 1. The van der Waals surface area contributed by atoms with Crippen LogP contribution in [0.25, 0.3) is 0 Å². The fourth-order valence-electron chi connectivity index (χ4n) is 6.03. The molecule has 2 saturated heterocycles. The number of carbonyl (C=O) groups excluding carboxylic acids is 1. The molecule has 2 fully saturated rings. The van der Waals surface area contributed by atoms with E-state index in [0.717, 1.165) is 17.8 Å². The first-order chi connectivity index (χ1) is 18.5. The molecule has 39 heavy (non-hydrogen) atoms. The van der Waals surface area contributed by atoms with Crippen LogP contribution < -0.4 is 10.5 Å². The quantitative estimate of drug-likeness (QED) is 0.529. The molecule has 1 N–H and O–H groups in total. The molecule has 2 aliphatic rings. The van der Waals surface area contributed by atoms with Gasteiger partial charge in [0, 0.05) is 68.9 Å². The Morgan fingerprint density at radius 3 is 2.36 bits per heavy atom. The Hall–Kier alpha value is -3.37. The normalized spacial score (nSPS) is 27.2. The maximum atomic E-state index is 14.1. The molecule has 4 unspecified atom stereocenters. The largest absolute Gasteiger partial charge is 0.384 e. The molecule has 1 amide bonds. The number of hydrogen-bond donors (Lipinski definition) is 1. The average Bonchev–Trinajstić information content (AvgIpc) is 3.35. The first-order valence-electron chi connectivity index (χ1n) is 12.9. The summed E-state index contributed by atoms with van der Waals surface area (Å²) in [6, 6.07) is 10.1. The molecule has 8 nitrogen and oxygen atoms in total. The number of aromatic nitrogens is 3. The Kier molecular flexibility index (Phi) is 7.19. The van der Waals surface area contributed by atoms with Crippen LogP contribution in [0.4, 0.5) is 14.6 Å².